The van der Waals surface area contributed by atoms with Gasteiger partial charge in [0.25, 0.3) is 0 Å². The zero-order valence-corrected chi connectivity index (χ0v) is 15.7. The molecule has 2 aromatic rings. The highest BCUT2D eigenvalue weighted by atomic mass is 16.5. The van der Waals surface area contributed by atoms with Gasteiger partial charge in [0, 0.05) is 25.3 Å². The van der Waals surface area contributed by atoms with E-state index in [-0.39, 0.29) is 0 Å². The number of aromatic nitrogens is 3. The lowest BCUT2D eigenvalue weighted by Gasteiger charge is -2.14. The predicted octanol–water partition coefficient (Wildman–Crippen LogP) is 2.27. The number of aryl methyl sites for hydroxylation is 1. The topological polar surface area (TPSA) is 85.6 Å². The van der Waals surface area contributed by atoms with Crippen molar-refractivity contribution in [3.63, 3.8) is 0 Å². The van der Waals surface area contributed by atoms with Gasteiger partial charge in [-0.1, -0.05) is 6.08 Å². The molecule has 140 valence electrons. The Bertz CT molecular complexity index is 769. The van der Waals surface area contributed by atoms with Gasteiger partial charge in [0.15, 0.2) is 23.3 Å². The number of benzene rings is 1. The van der Waals surface area contributed by atoms with Crippen LogP contribution in [0.1, 0.15) is 18.6 Å². The molecule has 1 heterocycles. The summed E-state index contributed by atoms with van der Waals surface area (Å²) in [6.45, 7) is 9.10. The summed E-state index contributed by atoms with van der Waals surface area (Å²) >= 11 is 0. The number of methoxy groups -OCH3 is 1. The third-order valence-electron chi connectivity index (χ3n) is 3.70. The Labute approximate surface area is 153 Å². The van der Waals surface area contributed by atoms with Crippen molar-refractivity contribution in [2.75, 3.05) is 25.6 Å². The van der Waals surface area contributed by atoms with Gasteiger partial charge in [-0.05, 0) is 26.0 Å². The molecule has 8 heteroatoms. The Kier molecular flexibility index (Phi) is 7.02. The van der Waals surface area contributed by atoms with E-state index in [1.165, 1.54) is 0 Å². The molecule has 0 radical (unpaired) electrons. The maximum Gasteiger partial charge on any atom is 0.196 e. The number of rotatable bonds is 8. The Morgan fingerprint density at radius 1 is 1.35 bits per heavy atom. The second kappa shape index (κ2) is 9.45. The van der Waals surface area contributed by atoms with Crippen molar-refractivity contribution < 1.29 is 9.47 Å². The number of ether oxygens (including phenoxy) is 2. The largest absolute Gasteiger partial charge is 0.493 e. The van der Waals surface area contributed by atoms with Gasteiger partial charge in [0.05, 0.1) is 13.7 Å². The van der Waals surface area contributed by atoms with E-state index in [9.17, 15) is 0 Å². The van der Waals surface area contributed by atoms with Crippen molar-refractivity contribution in [3.05, 3.63) is 42.5 Å². The number of aliphatic imine (C=N–C) groups is 1. The van der Waals surface area contributed by atoms with Gasteiger partial charge in [0.1, 0.15) is 12.4 Å². The summed E-state index contributed by atoms with van der Waals surface area (Å²) in [6.07, 6.45) is 1.77. The van der Waals surface area contributed by atoms with Gasteiger partial charge in [-0.15, -0.1) is 16.8 Å². The van der Waals surface area contributed by atoms with Crippen LogP contribution in [0.3, 0.4) is 0 Å². The van der Waals surface area contributed by atoms with E-state index in [4.69, 9.17) is 9.47 Å². The molecule has 0 fully saturated rings. The van der Waals surface area contributed by atoms with Crippen LogP contribution in [0.15, 0.2) is 35.8 Å². The third-order valence-corrected chi connectivity index (χ3v) is 3.70. The van der Waals surface area contributed by atoms with E-state index >= 15 is 0 Å². The van der Waals surface area contributed by atoms with Gasteiger partial charge in [0.2, 0.25) is 0 Å². The summed E-state index contributed by atoms with van der Waals surface area (Å²) in [7, 11) is 3.54. The Balaban J connectivity index is 2.18. The monoisotopic (exact) mass is 358 g/mol. The molecule has 1 aromatic carbocycles. The Morgan fingerprint density at radius 3 is 2.77 bits per heavy atom. The molecule has 0 atom stereocenters. The minimum atomic E-state index is 0.401. The van der Waals surface area contributed by atoms with Crippen molar-refractivity contribution in [2.24, 2.45) is 12.0 Å². The molecule has 0 unspecified atom stereocenters. The molecule has 26 heavy (non-hydrogen) atoms. The van der Waals surface area contributed by atoms with Crippen LogP contribution >= 0.6 is 0 Å². The first-order valence-corrected chi connectivity index (χ1v) is 8.41. The lowest BCUT2D eigenvalue weighted by Crippen LogP contribution is -2.31. The summed E-state index contributed by atoms with van der Waals surface area (Å²) < 4.78 is 12.8. The van der Waals surface area contributed by atoms with Crippen LogP contribution in [0.4, 0.5) is 5.69 Å². The average Bonchev–Trinajstić information content (AvgIpc) is 2.96. The molecule has 0 bridgehead atoms. The maximum atomic E-state index is 5.62. The molecule has 0 aliphatic carbocycles. The van der Waals surface area contributed by atoms with E-state index in [0.717, 1.165) is 17.3 Å². The first kappa shape index (κ1) is 19.3. The molecule has 1 aromatic heterocycles. The van der Waals surface area contributed by atoms with Gasteiger partial charge < -0.3 is 24.7 Å². The molecule has 0 saturated carbocycles. The summed E-state index contributed by atoms with van der Waals surface area (Å²) in [6, 6.07) is 5.63. The van der Waals surface area contributed by atoms with Gasteiger partial charge in [-0.2, -0.15) is 0 Å². The smallest absolute Gasteiger partial charge is 0.196 e. The quantitative estimate of drug-likeness (QED) is 0.428. The summed E-state index contributed by atoms with van der Waals surface area (Å²) in [5.74, 6) is 3.60. The second-order valence-electron chi connectivity index (χ2n) is 5.48. The molecule has 0 aliphatic heterocycles. The molecule has 0 amide bonds. The Hall–Kier alpha value is -3.03. The highest BCUT2D eigenvalue weighted by Gasteiger charge is 2.08. The van der Waals surface area contributed by atoms with E-state index in [1.807, 2.05) is 43.7 Å². The van der Waals surface area contributed by atoms with Crippen LogP contribution in [0.25, 0.3) is 0 Å². The number of anilines is 1. The minimum Gasteiger partial charge on any atom is -0.493 e. The van der Waals surface area contributed by atoms with Crippen molar-refractivity contribution >= 4 is 11.6 Å². The van der Waals surface area contributed by atoms with Crippen molar-refractivity contribution in [1.29, 1.82) is 0 Å². The molecular weight excluding hydrogens is 332 g/mol. The summed E-state index contributed by atoms with van der Waals surface area (Å²) in [5, 5.41) is 14.6. The molecule has 2 rings (SSSR count). The van der Waals surface area contributed by atoms with Crippen LogP contribution in [0.2, 0.25) is 0 Å². The number of guanidine groups is 1. The fraction of sp³-hybridized carbons (Fsp3) is 0.389. The first-order chi connectivity index (χ1) is 12.6. The predicted molar refractivity (Wildman–Crippen MR) is 103 cm³/mol. The van der Waals surface area contributed by atoms with Crippen LogP contribution in [-0.2, 0) is 13.6 Å². The standard InChI is InChI=1S/C18H26N6O2/c1-6-10-19-18(20-12-17-23-22-13(3)24(17)4)21-14-8-9-15(25-5)16(11-14)26-7-2/h6,8-9,11H,1,7,10,12H2,2-5H3,(H2,19,20,21). The van der Waals surface area contributed by atoms with Gasteiger partial charge >= 0.3 is 0 Å². The van der Waals surface area contributed by atoms with Gasteiger partial charge in [-0.25, -0.2) is 4.99 Å². The fourth-order valence-corrected chi connectivity index (χ4v) is 2.21. The van der Waals surface area contributed by atoms with Crippen molar-refractivity contribution in [3.8, 4) is 11.5 Å². The number of nitrogens with zero attached hydrogens (tertiary/aromatic N) is 4. The lowest BCUT2D eigenvalue weighted by atomic mass is 10.2. The van der Waals surface area contributed by atoms with Crippen LogP contribution < -0.4 is 20.1 Å². The molecule has 2 N–H and O–H groups in total. The average molecular weight is 358 g/mol. The van der Waals surface area contributed by atoms with Gasteiger partial charge in [-0.3, -0.25) is 0 Å². The SMILES string of the molecule is C=CCNC(=NCc1nnc(C)n1C)Nc1ccc(OC)c(OCC)c1. The highest BCUT2D eigenvalue weighted by molar-refractivity contribution is 5.94. The van der Waals surface area contributed by atoms with E-state index in [2.05, 4.69) is 32.4 Å². The molecule has 8 nitrogen and oxygen atoms in total. The lowest BCUT2D eigenvalue weighted by molar-refractivity contribution is 0.311. The van der Waals surface area contributed by atoms with E-state index in [1.54, 1.807) is 13.2 Å². The van der Waals surface area contributed by atoms with E-state index < -0.39 is 0 Å². The zero-order chi connectivity index (χ0) is 18.9. The second-order valence-corrected chi connectivity index (χ2v) is 5.48. The van der Waals surface area contributed by atoms with Crippen LogP contribution in [0, 0.1) is 6.92 Å². The molecule has 0 spiro atoms. The first-order valence-electron chi connectivity index (χ1n) is 8.41. The maximum absolute atomic E-state index is 5.62. The molecular formula is C18H26N6O2. The number of hydrogen-bond donors (Lipinski definition) is 2. The zero-order valence-electron chi connectivity index (χ0n) is 15.7. The molecule has 0 saturated heterocycles. The van der Waals surface area contributed by atoms with Crippen molar-refractivity contribution in [2.45, 2.75) is 20.4 Å². The number of nitrogens with one attached hydrogen (secondary N) is 2. The number of hydrogen-bond acceptors (Lipinski definition) is 5. The van der Waals surface area contributed by atoms with Crippen molar-refractivity contribution in [1.82, 2.24) is 20.1 Å². The fourth-order valence-electron chi connectivity index (χ4n) is 2.21. The summed E-state index contributed by atoms with van der Waals surface area (Å²) in [5.41, 5.74) is 0.832. The summed E-state index contributed by atoms with van der Waals surface area (Å²) in [4.78, 5) is 4.57. The normalized spacial score (nSPS) is 11.2. The minimum absolute atomic E-state index is 0.401. The van der Waals surface area contributed by atoms with Crippen LogP contribution in [0.5, 0.6) is 11.5 Å². The van der Waals surface area contributed by atoms with Crippen LogP contribution in [-0.4, -0.2) is 41.0 Å². The highest BCUT2D eigenvalue weighted by Crippen LogP contribution is 2.30. The third kappa shape index (κ3) is 4.98. The molecule has 0 aliphatic rings. The Morgan fingerprint density at radius 2 is 2.15 bits per heavy atom. The van der Waals surface area contributed by atoms with E-state index in [0.29, 0.717) is 37.2 Å².